The lowest BCUT2D eigenvalue weighted by molar-refractivity contribution is -0.143. The number of likely N-dealkylation sites (tertiary alicyclic amines) is 1. The van der Waals surface area contributed by atoms with Crippen molar-refractivity contribution in [2.75, 3.05) is 20.2 Å². The Morgan fingerprint density at radius 1 is 1.35 bits per heavy atom. The molecule has 2 fully saturated rings. The maximum Gasteiger partial charge on any atom is 0.309 e. The molecule has 1 aliphatic carbocycles. The third kappa shape index (κ3) is 2.99. The molecule has 0 N–H and O–H groups in total. The zero-order chi connectivity index (χ0) is 16.6. The predicted octanol–water partition coefficient (Wildman–Crippen LogP) is 2.03. The lowest BCUT2D eigenvalue weighted by atomic mass is 9.90. The number of amides is 1. The topological polar surface area (TPSA) is 72.6 Å². The van der Waals surface area contributed by atoms with Gasteiger partial charge in [-0.1, -0.05) is 5.16 Å². The van der Waals surface area contributed by atoms with Gasteiger partial charge in [0.25, 0.3) is 0 Å². The smallest absolute Gasteiger partial charge is 0.309 e. The number of piperidine rings is 1. The van der Waals surface area contributed by atoms with Crippen LogP contribution in [0.25, 0.3) is 0 Å². The van der Waals surface area contributed by atoms with Crippen molar-refractivity contribution in [1.82, 2.24) is 10.1 Å². The van der Waals surface area contributed by atoms with Crippen LogP contribution >= 0.6 is 0 Å². The Morgan fingerprint density at radius 3 is 2.61 bits per heavy atom. The van der Waals surface area contributed by atoms with Crippen LogP contribution in [0.15, 0.2) is 4.52 Å². The molecule has 6 heteroatoms. The van der Waals surface area contributed by atoms with Crippen molar-refractivity contribution in [2.24, 2.45) is 11.3 Å². The molecule has 1 amide bonds. The Bertz CT molecular complexity index is 595. The number of hydrogen-bond acceptors (Lipinski definition) is 5. The van der Waals surface area contributed by atoms with Crippen molar-refractivity contribution in [2.45, 2.75) is 46.0 Å². The fraction of sp³-hybridized carbons (Fsp3) is 0.706. The van der Waals surface area contributed by atoms with Gasteiger partial charge in [0.2, 0.25) is 5.91 Å². The lowest BCUT2D eigenvalue weighted by Crippen LogP contribution is -2.40. The largest absolute Gasteiger partial charge is 0.469 e. The molecule has 1 aromatic rings. The van der Waals surface area contributed by atoms with E-state index in [9.17, 15) is 9.59 Å². The van der Waals surface area contributed by atoms with Gasteiger partial charge in [-0.2, -0.15) is 0 Å². The number of esters is 1. The number of aromatic nitrogens is 1. The standard InChI is InChI=1S/C17H24N2O4/c1-11-13(12(2)23-18-11)4-5-15(20)19-8-6-17(7-9-19)10-14(17)16(21)22-3/h14H,4-10H2,1-3H3. The highest BCUT2D eigenvalue weighted by atomic mass is 16.5. The van der Waals surface area contributed by atoms with Gasteiger partial charge in [0.15, 0.2) is 0 Å². The Hall–Kier alpha value is -1.85. The number of ether oxygens (including phenoxy) is 1. The summed E-state index contributed by atoms with van der Waals surface area (Å²) in [7, 11) is 1.45. The molecule has 1 saturated heterocycles. The minimum absolute atomic E-state index is 0.0482. The highest BCUT2D eigenvalue weighted by Crippen LogP contribution is 2.59. The minimum atomic E-state index is -0.0943. The summed E-state index contributed by atoms with van der Waals surface area (Å²) in [6.45, 7) is 5.27. The van der Waals surface area contributed by atoms with Crippen molar-refractivity contribution in [3.8, 4) is 0 Å². The van der Waals surface area contributed by atoms with Crippen molar-refractivity contribution in [3.05, 3.63) is 17.0 Å². The van der Waals surface area contributed by atoms with E-state index >= 15 is 0 Å². The first-order chi connectivity index (χ1) is 11.0. The molecule has 2 aliphatic rings. The zero-order valence-electron chi connectivity index (χ0n) is 14.1. The number of carbonyl (C=O) groups excluding carboxylic acids is 2. The van der Waals surface area contributed by atoms with Gasteiger partial charge in [-0.05, 0) is 44.9 Å². The molecule has 1 atom stereocenters. The van der Waals surface area contributed by atoms with E-state index in [1.54, 1.807) is 0 Å². The van der Waals surface area contributed by atoms with E-state index in [-0.39, 0.29) is 23.2 Å². The molecular weight excluding hydrogens is 296 g/mol. The zero-order valence-corrected chi connectivity index (χ0v) is 14.1. The fourth-order valence-corrected chi connectivity index (χ4v) is 3.83. The van der Waals surface area contributed by atoms with Gasteiger partial charge in [0.05, 0.1) is 18.7 Å². The van der Waals surface area contributed by atoms with Gasteiger partial charge < -0.3 is 14.2 Å². The highest BCUT2D eigenvalue weighted by Gasteiger charge is 2.59. The van der Waals surface area contributed by atoms with Crippen LogP contribution in [0.1, 0.15) is 42.7 Å². The second-order valence-corrected chi connectivity index (χ2v) is 6.83. The molecule has 1 aromatic heterocycles. The quantitative estimate of drug-likeness (QED) is 0.794. The van der Waals surface area contributed by atoms with Crippen LogP contribution < -0.4 is 0 Å². The summed E-state index contributed by atoms with van der Waals surface area (Å²) in [6, 6.07) is 0. The monoisotopic (exact) mass is 320 g/mol. The summed E-state index contributed by atoms with van der Waals surface area (Å²) in [5, 5.41) is 3.92. The maximum atomic E-state index is 12.4. The second kappa shape index (κ2) is 5.98. The van der Waals surface area contributed by atoms with Crippen LogP contribution in [0.3, 0.4) is 0 Å². The Kier molecular flexibility index (Phi) is 4.17. The number of hydrogen-bond donors (Lipinski definition) is 0. The first kappa shape index (κ1) is 16.0. The van der Waals surface area contributed by atoms with Crippen molar-refractivity contribution in [1.29, 1.82) is 0 Å². The summed E-state index contributed by atoms with van der Waals surface area (Å²) in [6.07, 6.45) is 3.89. The van der Waals surface area contributed by atoms with Crippen LogP contribution in [-0.2, 0) is 20.7 Å². The van der Waals surface area contributed by atoms with Crippen molar-refractivity contribution >= 4 is 11.9 Å². The Labute approximate surface area is 136 Å². The van der Waals surface area contributed by atoms with Gasteiger partial charge >= 0.3 is 5.97 Å². The number of rotatable bonds is 4. The predicted molar refractivity (Wildman–Crippen MR) is 82.7 cm³/mol. The summed E-state index contributed by atoms with van der Waals surface area (Å²) in [5.41, 5.74) is 2.01. The van der Waals surface area contributed by atoms with Crippen LogP contribution in [0.4, 0.5) is 0 Å². The van der Waals surface area contributed by atoms with Crippen LogP contribution in [0.5, 0.6) is 0 Å². The molecule has 0 aromatic carbocycles. The minimum Gasteiger partial charge on any atom is -0.469 e. The van der Waals surface area contributed by atoms with Crippen molar-refractivity contribution < 1.29 is 18.8 Å². The molecule has 6 nitrogen and oxygen atoms in total. The lowest BCUT2D eigenvalue weighted by Gasteiger charge is -2.32. The second-order valence-electron chi connectivity index (χ2n) is 6.83. The van der Waals surface area contributed by atoms with Gasteiger partial charge in [0.1, 0.15) is 5.76 Å². The number of carbonyl (C=O) groups is 2. The van der Waals surface area contributed by atoms with E-state index < -0.39 is 0 Å². The first-order valence-corrected chi connectivity index (χ1v) is 8.24. The molecule has 1 unspecified atom stereocenters. The third-order valence-electron chi connectivity index (χ3n) is 5.56. The Morgan fingerprint density at radius 2 is 2.04 bits per heavy atom. The van der Waals surface area contributed by atoms with Crippen molar-refractivity contribution in [3.63, 3.8) is 0 Å². The summed E-state index contributed by atoms with van der Waals surface area (Å²) >= 11 is 0. The SMILES string of the molecule is COC(=O)C1CC12CCN(C(=O)CCc1c(C)noc1C)CC2. The van der Waals surface area contributed by atoms with Gasteiger partial charge in [-0.3, -0.25) is 9.59 Å². The molecule has 0 radical (unpaired) electrons. The summed E-state index contributed by atoms with van der Waals surface area (Å²) in [5.74, 6) is 0.928. The molecule has 1 spiro atoms. The molecule has 3 rings (SSSR count). The average Bonchev–Trinajstić information content (AvgIpc) is 3.16. The first-order valence-electron chi connectivity index (χ1n) is 8.24. The molecule has 126 valence electrons. The maximum absolute atomic E-state index is 12.4. The summed E-state index contributed by atoms with van der Waals surface area (Å²) < 4.78 is 9.98. The van der Waals surface area contributed by atoms with E-state index in [2.05, 4.69) is 5.16 Å². The number of methoxy groups -OCH3 is 1. The van der Waals surface area contributed by atoms with E-state index in [0.29, 0.717) is 12.8 Å². The van der Waals surface area contributed by atoms with E-state index in [1.807, 2.05) is 18.7 Å². The number of nitrogens with zero attached hydrogens (tertiary/aromatic N) is 2. The van der Waals surface area contributed by atoms with Crippen LogP contribution in [0, 0.1) is 25.2 Å². The van der Waals surface area contributed by atoms with Gasteiger partial charge in [-0.25, -0.2) is 0 Å². The molecular formula is C17H24N2O4. The molecule has 1 aliphatic heterocycles. The average molecular weight is 320 g/mol. The highest BCUT2D eigenvalue weighted by molar-refractivity contribution is 5.78. The van der Waals surface area contributed by atoms with E-state index in [0.717, 1.165) is 49.4 Å². The molecule has 0 bridgehead atoms. The van der Waals surface area contributed by atoms with Crippen LogP contribution in [0.2, 0.25) is 0 Å². The van der Waals surface area contributed by atoms with E-state index in [1.165, 1.54) is 7.11 Å². The normalized spacial score (nSPS) is 22.2. The molecule has 1 saturated carbocycles. The van der Waals surface area contributed by atoms with Gasteiger partial charge in [-0.15, -0.1) is 0 Å². The molecule has 2 heterocycles. The Balaban J connectivity index is 1.49. The third-order valence-corrected chi connectivity index (χ3v) is 5.56. The number of aryl methyl sites for hydroxylation is 2. The van der Waals surface area contributed by atoms with Gasteiger partial charge in [0, 0.05) is 25.1 Å². The summed E-state index contributed by atoms with van der Waals surface area (Å²) in [4.78, 5) is 26.0. The van der Waals surface area contributed by atoms with E-state index in [4.69, 9.17) is 9.26 Å². The van der Waals surface area contributed by atoms with Crippen LogP contribution in [-0.4, -0.2) is 42.1 Å². The fourth-order valence-electron chi connectivity index (χ4n) is 3.83. The molecule has 23 heavy (non-hydrogen) atoms.